The minimum atomic E-state index is -0.989. The molecule has 2 saturated carbocycles. The highest BCUT2D eigenvalue weighted by atomic mass is 16.3. The molecule has 5 heteroatoms. The first-order valence-electron chi connectivity index (χ1n) is 14.2. The summed E-state index contributed by atoms with van der Waals surface area (Å²) in [6, 6.07) is 11.8. The van der Waals surface area contributed by atoms with Crippen LogP contribution in [0.15, 0.2) is 71.6 Å². The van der Waals surface area contributed by atoms with Crippen LogP contribution in [0.1, 0.15) is 80.6 Å². The second-order valence-electron chi connectivity index (χ2n) is 12.0. The van der Waals surface area contributed by atoms with Gasteiger partial charge in [-0.15, -0.1) is 5.92 Å². The molecule has 0 spiro atoms. The van der Waals surface area contributed by atoms with E-state index in [0.29, 0.717) is 30.2 Å². The fourth-order valence-corrected chi connectivity index (χ4v) is 8.11. The third-order valence-corrected chi connectivity index (χ3v) is 10.1. The van der Waals surface area contributed by atoms with Crippen LogP contribution in [-0.2, 0) is 4.79 Å². The molecular weight excluding hydrogens is 484 g/mol. The average Bonchev–Trinajstić information content (AvgIpc) is 3.22. The van der Waals surface area contributed by atoms with Gasteiger partial charge >= 0.3 is 0 Å². The molecule has 0 unspecified atom stereocenters. The largest absolute Gasteiger partial charge is 0.377 e. The van der Waals surface area contributed by atoms with Crippen LogP contribution in [0, 0.1) is 29.1 Å². The molecule has 5 nitrogen and oxygen atoms in total. The van der Waals surface area contributed by atoms with Gasteiger partial charge in [-0.25, -0.2) is 0 Å². The second-order valence-corrected chi connectivity index (χ2v) is 12.0. The SMILES string of the molecule is CC#C[C@]1(O)CC[C@H]2[C@@H]3CCC4=CC(=O)CCC4=C3[C@@H](c3ccc(N(C)C(=O)c4ccncc4)cc3)C[C@@]21C. The van der Waals surface area contributed by atoms with Gasteiger partial charge in [0.15, 0.2) is 5.78 Å². The fraction of sp³-hybridized carbons (Fsp3) is 0.441. The summed E-state index contributed by atoms with van der Waals surface area (Å²) in [6.07, 6.45) is 11.0. The number of anilines is 1. The van der Waals surface area contributed by atoms with Crippen molar-refractivity contribution in [3.63, 3.8) is 0 Å². The van der Waals surface area contributed by atoms with E-state index in [1.165, 1.54) is 22.3 Å². The monoisotopic (exact) mass is 520 g/mol. The van der Waals surface area contributed by atoms with Crippen LogP contribution in [0.25, 0.3) is 0 Å². The summed E-state index contributed by atoms with van der Waals surface area (Å²) in [6.45, 7) is 4.08. The van der Waals surface area contributed by atoms with Crippen LogP contribution >= 0.6 is 0 Å². The summed E-state index contributed by atoms with van der Waals surface area (Å²) < 4.78 is 0. The van der Waals surface area contributed by atoms with Crippen LogP contribution in [0.5, 0.6) is 0 Å². The number of allylic oxidation sites excluding steroid dienone is 4. The lowest BCUT2D eigenvalue weighted by Gasteiger charge is -2.53. The summed E-state index contributed by atoms with van der Waals surface area (Å²) in [5.41, 5.74) is 5.44. The molecule has 1 aromatic heterocycles. The molecule has 6 rings (SSSR count). The van der Waals surface area contributed by atoms with Gasteiger partial charge in [0.05, 0.1) is 0 Å². The van der Waals surface area contributed by atoms with Gasteiger partial charge in [-0.05, 0) is 104 Å². The number of amides is 1. The first kappa shape index (κ1) is 25.8. The van der Waals surface area contributed by atoms with Crippen molar-refractivity contribution in [3.05, 3.63) is 82.7 Å². The van der Waals surface area contributed by atoms with Crippen molar-refractivity contribution in [2.24, 2.45) is 17.3 Å². The molecule has 2 fully saturated rings. The number of aliphatic hydroxyl groups is 1. The Morgan fingerprint density at radius 2 is 1.82 bits per heavy atom. The lowest BCUT2D eigenvalue weighted by atomic mass is 9.51. The van der Waals surface area contributed by atoms with Crippen LogP contribution in [0.3, 0.4) is 0 Å². The van der Waals surface area contributed by atoms with Crippen molar-refractivity contribution in [3.8, 4) is 11.8 Å². The summed E-state index contributed by atoms with van der Waals surface area (Å²) in [4.78, 5) is 31.0. The number of hydrogen-bond acceptors (Lipinski definition) is 4. The highest BCUT2D eigenvalue weighted by molar-refractivity contribution is 6.05. The van der Waals surface area contributed by atoms with Gasteiger partial charge in [-0.3, -0.25) is 14.6 Å². The Balaban J connectivity index is 1.41. The second kappa shape index (κ2) is 9.61. The van der Waals surface area contributed by atoms with Crippen LogP contribution in [0.4, 0.5) is 5.69 Å². The van der Waals surface area contributed by atoms with Gasteiger partial charge in [-0.2, -0.15) is 0 Å². The number of pyridine rings is 1. The number of hydrogen-bond donors (Lipinski definition) is 1. The zero-order valence-corrected chi connectivity index (χ0v) is 23.0. The number of ketones is 1. The molecule has 5 atom stereocenters. The number of rotatable bonds is 3. The van der Waals surface area contributed by atoms with E-state index in [1.807, 2.05) is 25.1 Å². The summed E-state index contributed by atoms with van der Waals surface area (Å²) in [5.74, 6) is 7.33. The van der Waals surface area contributed by atoms with Crippen molar-refractivity contribution >= 4 is 17.4 Å². The Morgan fingerprint density at radius 3 is 2.54 bits per heavy atom. The fourth-order valence-electron chi connectivity index (χ4n) is 8.11. The predicted molar refractivity (Wildman–Crippen MR) is 152 cm³/mol. The maximum atomic E-state index is 13.0. The number of aromatic nitrogens is 1. The van der Waals surface area contributed by atoms with Crippen molar-refractivity contribution in [1.82, 2.24) is 4.98 Å². The minimum Gasteiger partial charge on any atom is -0.377 e. The molecule has 200 valence electrons. The zero-order valence-electron chi connectivity index (χ0n) is 23.0. The standard InChI is InChI=1S/C34H36N2O3/c1-4-16-34(39)17-13-30-28-11-7-24-20-26(37)10-12-27(24)31(28)29(21-33(30,34)2)22-5-8-25(9-6-22)36(3)32(38)23-14-18-35-19-15-23/h5-6,8-9,14-15,18-20,28-30,39H,7,10-13,17,21H2,1-3H3/t28-,29+,30-,33-,34-/m0/s1. The molecule has 0 saturated heterocycles. The highest BCUT2D eigenvalue weighted by Gasteiger charge is 2.62. The highest BCUT2D eigenvalue weighted by Crippen LogP contribution is 2.66. The maximum absolute atomic E-state index is 13.0. The molecule has 1 aromatic carbocycles. The lowest BCUT2D eigenvalue weighted by molar-refractivity contribution is -0.114. The van der Waals surface area contributed by atoms with Crippen LogP contribution in [-0.4, -0.2) is 34.4 Å². The van der Waals surface area contributed by atoms with E-state index in [0.717, 1.165) is 37.8 Å². The normalized spacial score (nSPS) is 31.3. The third kappa shape index (κ3) is 4.08. The van der Waals surface area contributed by atoms with E-state index < -0.39 is 5.60 Å². The summed E-state index contributed by atoms with van der Waals surface area (Å²) in [7, 11) is 1.80. The third-order valence-electron chi connectivity index (χ3n) is 10.1. The van der Waals surface area contributed by atoms with Gasteiger partial charge in [0.1, 0.15) is 5.60 Å². The van der Waals surface area contributed by atoms with Gasteiger partial charge in [0.25, 0.3) is 5.91 Å². The van der Waals surface area contributed by atoms with E-state index in [-0.39, 0.29) is 23.0 Å². The molecule has 4 aliphatic rings. The molecule has 0 radical (unpaired) electrons. The van der Waals surface area contributed by atoms with E-state index in [2.05, 4.69) is 35.9 Å². The molecule has 4 aliphatic carbocycles. The predicted octanol–water partition coefficient (Wildman–Crippen LogP) is 6.01. The van der Waals surface area contributed by atoms with E-state index in [1.54, 1.807) is 36.5 Å². The van der Waals surface area contributed by atoms with Crippen molar-refractivity contribution in [2.75, 3.05) is 11.9 Å². The maximum Gasteiger partial charge on any atom is 0.258 e. The van der Waals surface area contributed by atoms with Gasteiger partial charge in [-0.1, -0.05) is 30.6 Å². The van der Waals surface area contributed by atoms with E-state index in [4.69, 9.17) is 0 Å². The molecular formula is C34H36N2O3. The number of carbonyl (C=O) groups excluding carboxylic acids is 2. The quantitative estimate of drug-likeness (QED) is 0.503. The Bertz CT molecular complexity index is 1440. The van der Waals surface area contributed by atoms with Crippen molar-refractivity contribution < 1.29 is 14.7 Å². The molecule has 0 aliphatic heterocycles. The Labute approximate surface area is 231 Å². The lowest BCUT2D eigenvalue weighted by Crippen LogP contribution is -2.51. The van der Waals surface area contributed by atoms with Crippen molar-refractivity contribution in [2.45, 2.75) is 70.3 Å². The van der Waals surface area contributed by atoms with E-state index >= 15 is 0 Å². The smallest absolute Gasteiger partial charge is 0.258 e. The van der Waals surface area contributed by atoms with Crippen molar-refractivity contribution in [1.29, 1.82) is 0 Å². The van der Waals surface area contributed by atoms with Crippen LogP contribution in [0.2, 0.25) is 0 Å². The molecule has 1 N–H and O–H groups in total. The number of fused-ring (bicyclic) bond motifs is 4. The molecule has 1 amide bonds. The molecule has 2 aromatic rings. The minimum absolute atomic E-state index is 0.0775. The van der Waals surface area contributed by atoms with Gasteiger partial charge in [0, 0.05) is 48.4 Å². The first-order chi connectivity index (χ1) is 18.8. The van der Waals surface area contributed by atoms with Gasteiger partial charge in [0.2, 0.25) is 0 Å². The topological polar surface area (TPSA) is 70.5 Å². The Kier molecular flexibility index (Phi) is 6.35. The molecule has 39 heavy (non-hydrogen) atoms. The number of carbonyl (C=O) groups is 2. The zero-order chi connectivity index (χ0) is 27.4. The molecule has 0 bridgehead atoms. The Morgan fingerprint density at radius 1 is 1.08 bits per heavy atom. The number of nitrogens with zero attached hydrogens (tertiary/aromatic N) is 2. The van der Waals surface area contributed by atoms with Gasteiger partial charge < -0.3 is 10.0 Å². The van der Waals surface area contributed by atoms with Crippen LogP contribution < -0.4 is 4.90 Å². The molecule has 1 heterocycles. The average molecular weight is 521 g/mol. The summed E-state index contributed by atoms with van der Waals surface area (Å²) in [5, 5.41) is 11.9. The Hall–Kier alpha value is -3.49. The first-order valence-corrected chi connectivity index (χ1v) is 14.2. The van der Waals surface area contributed by atoms with E-state index in [9.17, 15) is 14.7 Å². The number of benzene rings is 1. The summed E-state index contributed by atoms with van der Waals surface area (Å²) >= 11 is 0.